The average molecular weight is 275 g/mol. The van der Waals surface area contributed by atoms with Gasteiger partial charge in [-0.2, -0.15) is 0 Å². The normalized spacial score (nSPS) is 22.8. The molecule has 5 heteroatoms. The van der Waals surface area contributed by atoms with Crippen molar-refractivity contribution < 1.29 is 9.90 Å². The van der Waals surface area contributed by atoms with Crippen LogP contribution in [-0.2, 0) is 4.79 Å². The third-order valence-electron chi connectivity index (χ3n) is 4.52. The fourth-order valence-electron chi connectivity index (χ4n) is 3.07. The number of piperidine rings is 1. The molecule has 0 aromatic heterocycles. The quantitative estimate of drug-likeness (QED) is 0.760. The number of benzene rings is 1. The fourth-order valence-corrected chi connectivity index (χ4v) is 3.07. The number of anilines is 2. The zero-order valence-electron chi connectivity index (χ0n) is 11.7. The van der Waals surface area contributed by atoms with Crippen molar-refractivity contribution in [2.24, 2.45) is 0 Å². The van der Waals surface area contributed by atoms with Crippen molar-refractivity contribution in [3.8, 4) is 0 Å². The topological polar surface area (TPSA) is 64.6 Å². The van der Waals surface area contributed by atoms with Crippen LogP contribution in [0.25, 0.3) is 0 Å². The summed E-state index contributed by atoms with van der Waals surface area (Å²) in [6.45, 7) is 3.83. The van der Waals surface area contributed by atoms with Gasteiger partial charge in [0.2, 0.25) is 5.91 Å². The van der Waals surface area contributed by atoms with Gasteiger partial charge >= 0.3 is 0 Å². The third-order valence-corrected chi connectivity index (χ3v) is 4.52. The van der Waals surface area contributed by atoms with E-state index in [1.165, 1.54) is 0 Å². The van der Waals surface area contributed by atoms with Crippen LogP contribution in [0.3, 0.4) is 0 Å². The van der Waals surface area contributed by atoms with Gasteiger partial charge in [0.15, 0.2) is 0 Å². The Morgan fingerprint density at radius 3 is 2.60 bits per heavy atom. The second kappa shape index (κ2) is 5.07. The summed E-state index contributed by atoms with van der Waals surface area (Å²) < 4.78 is 0. The molecule has 1 saturated heterocycles. The Morgan fingerprint density at radius 1 is 1.30 bits per heavy atom. The maximum Gasteiger partial charge on any atom is 0.250 e. The molecule has 1 spiro atoms. The van der Waals surface area contributed by atoms with Crippen LogP contribution in [0.2, 0.25) is 0 Å². The maximum atomic E-state index is 12.4. The molecule has 2 aliphatic rings. The largest absolute Gasteiger partial charge is 0.395 e. The molecular weight excluding hydrogens is 254 g/mol. The zero-order valence-corrected chi connectivity index (χ0v) is 11.7. The number of nitrogens with one attached hydrogen (secondary N) is 2. The number of aliphatic hydroxyl groups is 1. The van der Waals surface area contributed by atoms with Gasteiger partial charge in [0, 0.05) is 19.1 Å². The Balaban J connectivity index is 1.77. The number of para-hydroxylation sites is 2. The van der Waals surface area contributed by atoms with Crippen molar-refractivity contribution >= 4 is 17.3 Å². The Hall–Kier alpha value is -1.59. The first-order valence-electron chi connectivity index (χ1n) is 7.18. The summed E-state index contributed by atoms with van der Waals surface area (Å²) >= 11 is 0. The number of fused-ring (bicyclic) bond motifs is 1. The Labute approximate surface area is 119 Å². The van der Waals surface area contributed by atoms with Gasteiger partial charge in [-0.05, 0) is 31.9 Å². The molecule has 1 aromatic rings. The summed E-state index contributed by atoms with van der Waals surface area (Å²) in [5.74, 6) is 0.0625. The van der Waals surface area contributed by atoms with Crippen molar-refractivity contribution in [3.63, 3.8) is 0 Å². The zero-order chi connectivity index (χ0) is 14.2. The number of hydrogen-bond donors (Lipinski definition) is 3. The van der Waals surface area contributed by atoms with Crippen LogP contribution < -0.4 is 10.6 Å². The third kappa shape index (κ3) is 2.17. The lowest BCUT2D eigenvalue weighted by Gasteiger charge is -2.45. The van der Waals surface area contributed by atoms with Gasteiger partial charge in [0.25, 0.3) is 0 Å². The van der Waals surface area contributed by atoms with Crippen LogP contribution in [-0.4, -0.2) is 47.2 Å². The number of carbonyl (C=O) groups excluding carboxylic acids is 1. The van der Waals surface area contributed by atoms with Crippen LogP contribution >= 0.6 is 0 Å². The van der Waals surface area contributed by atoms with E-state index in [9.17, 15) is 9.90 Å². The first-order valence-corrected chi connectivity index (χ1v) is 7.18. The number of hydrogen-bond acceptors (Lipinski definition) is 4. The monoisotopic (exact) mass is 275 g/mol. The number of likely N-dealkylation sites (tertiary alicyclic amines) is 1. The summed E-state index contributed by atoms with van der Waals surface area (Å²) in [6, 6.07) is 7.96. The van der Waals surface area contributed by atoms with E-state index < -0.39 is 5.54 Å². The van der Waals surface area contributed by atoms with Crippen LogP contribution in [0, 0.1) is 0 Å². The van der Waals surface area contributed by atoms with E-state index in [-0.39, 0.29) is 18.6 Å². The van der Waals surface area contributed by atoms with Crippen molar-refractivity contribution in [3.05, 3.63) is 24.3 Å². The van der Waals surface area contributed by atoms with E-state index in [1.807, 2.05) is 31.2 Å². The predicted molar refractivity (Wildman–Crippen MR) is 78.8 cm³/mol. The van der Waals surface area contributed by atoms with Crippen molar-refractivity contribution in [1.29, 1.82) is 0 Å². The van der Waals surface area contributed by atoms with E-state index in [0.717, 1.165) is 37.3 Å². The van der Waals surface area contributed by atoms with Crippen molar-refractivity contribution in [1.82, 2.24) is 4.90 Å². The first-order chi connectivity index (χ1) is 9.64. The Bertz CT molecular complexity index is 510. The minimum atomic E-state index is -0.500. The second-order valence-corrected chi connectivity index (χ2v) is 5.77. The maximum absolute atomic E-state index is 12.4. The standard InChI is InChI=1S/C15H21N3O2/c1-11(10-19)18-8-6-15(7-9-18)14(20)16-12-4-2-3-5-13(12)17-15/h2-5,11,17,19H,6-10H2,1H3,(H,16,20)/t11-/m0/s1. The fraction of sp³-hybridized carbons (Fsp3) is 0.533. The molecule has 0 radical (unpaired) electrons. The van der Waals surface area contributed by atoms with Crippen LogP contribution in [0.1, 0.15) is 19.8 Å². The summed E-state index contributed by atoms with van der Waals surface area (Å²) in [6.07, 6.45) is 1.52. The molecule has 3 N–H and O–H groups in total. The molecular formula is C15H21N3O2. The first kappa shape index (κ1) is 13.4. The Morgan fingerprint density at radius 2 is 1.95 bits per heavy atom. The van der Waals surface area contributed by atoms with E-state index in [4.69, 9.17) is 0 Å². The number of carbonyl (C=O) groups is 1. The number of rotatable bonds is 2. The Kier molecular flexibility index (Phi) is 3.40. The molecule has 0 saturated carbocycles. The van der Waals surface area contributed by atoms with Gasteiger partial charge in [0.05, 0.1) is 18.0 Å². The minimum absolute atomic E-state index is 0.0625. The molecule has 3 rings (SSSR count). The van der Waals surface area contributed by atoms with Gasteiger partial charge in [0.1, 0.15) is 5.54 Å². The molecule has 0 aliphatic carbocycles. The van der Waals surface area contributed by atoms with Crippen molar-refractivity contribution in [2.75, 3.05) is 30.3 Å². The van der Waals surface area contributed by atoms with E-state index in [2.05, 4.69) is 15.5 Å². The van der Waals surface area contributed by atoms with Crippen LogP contribution in [0.5, 0.6) is 0 Å². The highest BCUT2D eigenvalue weighted by Crippen LogP contribution is 2.36. The number of nitrogens with zero attached hydrogens (tertiary/aromatic N) is 1. The van der Waals surface area contributed by atoms with Gasteiger partial charge in [-0.15, -0.1) is 0 Å². The minimum Gasteiger partial charge on any atom is -0.395 e. The SMILES string of the molecule is C[C@@H](CO)N1CCC2(CC1)Nc1ccccc1NC2=O. The second-order valence-electron chi connectivity index (χ2n) is 5.77. The van der Waals surface area contributed by atoms with E-state index in [1.54, 1.807) is 0 Å². The molecule has 108 valence electrons. The average Bonchev–Trinajstić information content (AvgIpc) is 2.48. The predicted octanol–water partition coefficient (Wildman–Crippen LogP) is 1.27. The highest BCUT2D eigenvalue weighted by Gasteiger charge is 2.44. The van der Waals surface area contributed by atoms with Crippen LogP contribution in [0.15, 0.2) is 24.3 Å². The highest BCUT2D eigenvalue weighted by molar-refractivity contribution is 6.06. The van der Waals surface area contributed by atoms with E-state index >= 15 is 0 Å². The molecule has 1 aromatic carbocycles. The summed E-state index contributed by atoms with van der Waals surface area (Å²) in [5, 5.41) is 15.7. The molecule has 1 atom stereocenters. The lowest BCUT2D eigenvalue weighted by atomic mass is 9.84. The molecule has 1 amide bonds. The summed E-state index contributed by atoms with van der Waals surface area (Å²) in [4.78, 5) is 14.7. The van der Waals surface area contributed by atoms with Crippen molar-refractivity contribution in [2.45, 2.75) is 31.3 Å². The summed E-state index contributed by atoms with van der Waals surface area (Å²) in [5.41, 5.74) is 1.35. The molecule has 20 heavy (non-hydrogen) atoms. The van der Waals surface area contributed by atoms with Gasteiger partial charge in [-0.3, -0.25) is 9.69 Å². The molecule has 0 bridgehead atoms. The van der Waals surface area contributed by atoms with E-state index in [0.29, 0.717) is 0 Å². The highest BCUT2D eigenvalue weighted by atomic mass is 16.3. The molecule has 2 aliphatic heterocycles. The molecule has 2 heterocycles. The molecule has 1 fully saturated rings. The summed E-state index contributed by atoms with van der Waals surface area (Å²) in [7, 11) is 0. The number of amides is 1. The van der Waals surface area contributed by atoms with Crippen LogP contribution in [0.4, 0.5) is 11.4 Å². The number of aliphatic hydroxyl groups excluding tert-OH is 1. The lowest BCUT2D eigenvalue weighted by molar-refractivity contribution is -0.122. The van der Waals surface area contributed by atoms with Gasteiger partial charge < -0.3 is 15.7 Å². The lowest BCUT2D eigenvalue weighted by Crippen LogP contribution is -2.59. The van der Waals surface area contributed by atoms with Gasteiger partial charge in [-0.25, -0.2) is 0 Å². The molecule has 0 unspecified atom stereocenters. The smallest absolute Gasteiger partial charge is 0.250 e. The van der Waals surface area contributed by atoms with Gasteiger partial charge in [-0.1, -0.05) is 12.1 Å². The molecule has 5 nitrogen and oxygen atoms in total.